The summed E-state index contributed by atoms with van der Waals surface area (Å²) in [5.74, 6) is 0.0927. The Hall–Kier alpha value is -1.64. The third kappa shape index (κ3) is 7.64. The molecule has 0 saturated heterocycles. The van der Waals surface area contributed by atoms with Gasteiger partial charge in [0.2, 0.25) is 5.91 Å². The van der Waals surface area contributed by atoms with Gasteiger partial charge in [-0.05, 0) is 30.7 Å². The molecule has 3 nitrogen and oxygen atoms in total. The van der Waals surface area contributed by atoms with E-state index in [1.807, 2.05) is 0 Å². The maximum Gasteiger partial charge on any atom is 0.221 e. The monoisotopic (exact) mass is 289 g/mol. The molecule has 1 aromatic carbocycles. The second-order valence-corrected chi connectivity index (χ2v) is 5.55. The summed E-state index contributed by atoms with van der Waals surface area (Å²) >= 11 is 0. The fourth-order valence-corrected chi connectivity index (χ4v) is 2.33. The topological polar surface area (TPSA) is 46.2 Å². The fraction of sp³-hybridized carbons (Fsp3) is 0.556. The minimum Gasteiger partial charge on any atom is -0.326 e. The molecule has 0 aliphatic heterocycles. The van der Waals surface area contributed by atoms with Gasteiger partial charge < -0.3 is 5.32 Å². The number of Topliss-reactive ketones (excluding diaryl/α,β-unsaturated/α-hetero) is 1. The predicted octanol–water partition coefficient (Wildman–Crippen LogP) is 4.97. The Balaban J connectivity index is 2.24. The van der Waals surface area contributed by atoms with Crippen molar-refractivity contribution in [3.8, 4) is 0 Å². The summed E-state index contributed by atoms with van der Waals surface area (Å²) in [6.45, 7) is 3.69. The molecule has 0 fully saturated rings. The molecule has 0 heterocycles. The number of nitrogens with one attached hydrogen (secondary N) is 1. The first-order valence-electron chi connectivity index (χ1n) is 8.04. The largest absolute Gasteiger partial charge is 0.326 e. The van der Waals surface area contributed by atoms with Crippen molar-refractivity contribution in [2.24, 2.45) is 0 Å². The van der Waals surface area contributed by atoms with Crippen LogP contribution in [0.15, 0.2) is 24.3 Å². The summed E-state index contributed by atoms with van der Waals surface area (Å²) < 4.78 is 0. The number of rotatable bonds is 10. The highest BCUT2D eigenvalue weighted by atomic mass is 16.1. The summed E-state index contributed by atoms with van der Waals surface area (Å²) in [7, 11) is 0. The van der Waals surface area contributed by atoms with Crippen LogP contribution in [0.2, 0.25) is 0 Å². The quantitative estimate of drug-likeness (QED) is 0.488. The first kappa shape index (κ1) is 17.4. The Morgan fingerprint density at radius 1 is 0.905 bits per heavy atom. The van der Waals surface area contributed by atoms with Crippen LogP contribution >= 0.6 is 0 Å². The van der Waals surface area contributed by atoms with Crippen LogP contribution in [0, 0.1) is 0 Å². The Labute approximate surface area is 128 Å². The first-order valence-corrected chi connectivity index (χ1v) is 8.04. The van der Waals surface area contributed by atoms with E-state index < -0.39 is 0 Å². The van der Waals surface area contributed by atoms with Crippen molar-refractivity contribution < 1.29 is 9.59 Å². The third-order valence-electron chi connectivity index (χ3n) is 3.53. The fourth-order valence-electron chi connectivity index (χ4n) is 2.33. The van der Waals surface area contributed by atoms with Gasteiger partial charge in [-0.1, -0.05) is 45.4 Å². The van der Waals surface area contributed by atoms with E-state index in [-0.39, 0.29) is 11.7 Å². The van der Waals surface area contributed by atoms with Crippen molar-refractivity contribution in [3.63, 3.8) is 0 Å². The first-order chi connectivity index (χ1) is 10.1. The van der Waals surface area contributed by atoms with Crippen molar-refractivity contribution >= 4 is 17.4 Å². The number of anilines is 1. The van der Waals surface area contributed by atoms with E-state index in [0.717, 1.165) is 24.1 Å². The Bertz CT molecular complexity index is 437. The number of ketones is 1. The normalized spacial score (nSPS) is 10.4. The molecule has 1 rings (SSSR count). The van der Waals surface area contributed by atoms with Gasteiger partial charge in [0.15, 0.2) is 5.78 Å². The maximum absolute atomic E-state index is 12.0. The van der Waals surface area contributed by atoms with Gasteiger partial charge in [-0.15, -0.1) is 0 Å². The van der Waals surface area contributed by atoms with Gasteiger partial charge in [0.1, 0.15) is 0 Å². The number of benzene rings is 1. The van der Waals surface area contributed by atoms with E-state index in [4.69, 9.17) is 0 Å². The molecule has 0 unspecified atom stereocenters. The summed E-state index contributed by atoms with van der Waals surface area (Å²) in [6, 6.07) is 7.13. The Morgan fingerprint density at radius 2 is 1.48 bits per heavy atom. The zero-order chi connectivity index (χ0) is 15.5. The van der Waals surface area contributed by atoms with Gasteiger partial charge in [0, 0.05) is 24.6 Å². The molecule has 0 aliphatic rings. The number of unbranched alkanes of at least 4 members (excludes halogenated alkanes) is 6. The van der Waals surface area contributed by atoms with Crippen molar-refractivity contribution in [1.82, 2.24) is 0 Å². The van der Waals surface area contributed by atoms with Crippen molar-refractivity contribution in [2.75, 3.05) is 5.32 Å². The lowest BCUT2D eigenvalue weighted by atomic mass is 10.0. The van der Waals surface area contributed by atoms with Crippen LogP contribution in [0.1, 0.15) is 75.6 Å². The number of amides is 1. The van der Waals surface area contributed by atoms with Crippen LogP contribution in [-0.2, 0) is 4.79 Å². The van der Waals surface area contributed by atoms with Gasteiger partial charge in [-0.2, -0.15) is 0 Å². The molecule has 0 atom stereocenters. The van der Waals surface area contributed by atoms with Crippen LogP contribution in [0.25, 0.3) is 0 Å². The lowest BCUT2D eigenvalue weighted by molar-refractivity contribution is -0.114. The molecular weight excluding hydrogens is 262 g/mol. The summed E-state index contributed by atoms with van der Waals surface area (Å²) in [6.07, 6.45) is 9.15. The van der Waals surface area contributed by atoms with Crippen LogP contribution in [-0.4, -0.2) is 11.7 Å². The van der Waals surface area contributed by atoms with Crippen LogP contribution < -0.4 is 5.32 Å². The molecule has 21 heavy (non-hydrogen) atoms. The predicted molar refractivity (Wildman–Crippen MR) is 87.7 cm³/mol. The Kier molecular flexibility index (Phi) is 8.41. The molecule has 116 valence electrons. The van der Waals surface area contributed by atoms with Crippen LogP contribution in [0.4, 0.5) is 5.69 Å². The molecule has 3 heteroatoms. The second-order valence-electron chi connectivity index (χ2n) is 5.55. The molecule has 0 aromatic heterocycles. The van der Waals surface area contributed by atoms with Crippen molar-refractivity contribution in [1.29, 1.82) is 0 Å². The van der Waals surface area contributed by atoms with Gasteiger partial charge in [0.25, 0.3) is 0 Å². The molecule has 0 saturated carbocycles. The Morgan fingerprint density at radius 3 is 2.05 bits per heavy atom. The second kappa shape index (κ2) is 10.1. The van der Waals surface area contributed by atoms with Gasteiger partial charge in [-0.25, -0.2) is 0 Å². The lowest BCUT2D eigenvalue weighted by Crippen LogP contribution is -2.06. The minimum atomic E-state index is -0.0999. The zero-order valence-electron chi connectivity index (χ0n) is 13.3. The van der Waals surface area contributed by atoms with E-state index in [2.05, 4.69) is 12.2 Å². The minimum absolute atomic E-state index is 0.0999. The van der Waals surface area contributed by atoms with Crippen molar-refractivity contribution in [2.45, 2.75) is 65.2 Å². The van der Waals surface area contributed by atoms with Gasteiger partial charge in [0.05, 0.1) is 0 Å². The highest BCUT2D eigenvalue weighted by Crippen LogP contribution is 2.14. The van der Waals surface area contributed by atoms with E-state index >= 15 is 0 Å². The van der Waals surface area contributed by atoms with E-state index in [9.17, 15) is 9.59 Å². The SMILES string of the molecule is CCCCCCCCCC(=O)c1ccc(NC(C)=O)cc1. The summed E-state index contributed by atoms with van der Waals surface area (Å²) in [4.78, 5) is 22.9. The zero-order valence-corrected chi connectivity index (χ0v) is 13.3. The molecule has 1 N–H and O–H groups in total. The summed E-state index contributed by atoms with van der Waals surface area (Å²) in [5.41, 5.74) is 1.46. The van der Waals surface area contributed by atoms with Gasteiger partial charge >= 0.3 is 0 Å². The summed E-state index contributed by atoms with van der Waals surface area (Å²) in [5, 5.41) is 2.70. The van der Waals surface area contributed by atoms with Crippen LogP contribution in [0.3, 0.4) is 0 Å². The molecular formula is C18H27NO2. The number of carbonyl (C=O) groups excluding carboxylic acids is 2. The average Bonchev–Trinajstić information content (AvgIpc) is 2.46. The molecule has 0 spiro atoms. The number of hydrogen-bond acceptors (Lipinski definition) is 2. The highest BCUT2D eigenvalue weighted by Gasteiger charge is 2.05. The van der Waals surface area contributed by atoms with E-state index in [1.54, 1.807) is 24.3 Å². The molecule has 0 radical (unpaired) electrons. The average molecular weight is 289 g/mol. The lowest BCUT2D eigenvalue weighted by Gasteiger charge is -2.04. The molecule has 0 bridgehead atoms. The smallest absolute Gasteiger partial charge is 0.221 e. The molecule has 1 aromatic rings. The molecule has 1 amide bonds. The number of carbonyl (C=O) groups is 2. The highest BCUT2D eigenvalue weighted by molar-refractivity contribution is 5.97. The maximum atomic E-state index is 12.0. The molecule has 0 aliphatic carbocycles. The van der Waals surface area contributed by atoms with Crippen molar-refractivity contribution in [3.05, 3.63) is 29.8 Å². The van der Waals surface area contributed by atoms with E-state index in [1.165, 1.54) is 39.0 Å². The van der Waals surface area contributed by atoms with Gasteiger partial charge in [-0.3, -0.25) is 9.59 Å². The number of hydrogen-bond donors (Lipinski definition) is 1. The standard InChI is InChI=1S/C18H27NO2/c1-3-4-5-6-7-8-9-10-18(21)16-11-13-17(14-12-16)19-15(2)20/h11-14H,3-10H2,1-2H3,(H,19,20). The van der Waals surface area contributed by atoms with Crippen LogP contribution in [0.5, 0.6) is 0 Å². The van der Waals surface area contributed by atoms with E-state index in [0.29, 0.717) is 6.42 Å². The third-order valence-corrected chi connectivity index (χ3v) is 3.53.